The van der Waals surface area contributed by atoms with Gasteiger partial charge in [-0.3, -0.25) is 4.79 Å². The summed E-state index contributed by atoms with van der Waals surface area (Å²) < 4.78 is 0. The van der Waals surface area contributed by atoms with Gasteiger partial charge in [-0.05, 0) is 77.0 Å². The van der Waals surface area contributed by atoms with Crippen LogP contribution in [0.5, 0.6) is 0 Å². The molecule has 6 heteroatoms. The lowest BCUT2D eigenvalue weighted by atomic mass is 10.00. The van der Waals surface area contributed by atoms with Crippen LogP contribution in [0.2, 0.25) is 0 Å². The summed E-state index contributed by atoms with van der Waals surface area (Å²) in [4.78, 5) is 12.5. The number of carbonyl (C=O) groups is 1. The quantitative estimate of drug-likeness (QED) is 0.0314. The van der Waals surface area contributed by atoms with Crippen LogP contribution < -0.4 is 5.32 Å². The molecule has 0 spiro atoms. The molecule has 4 unspecified atom stereocenters. The predicted molar refractivity (Wildman–Crippen MR) is 233 cm³/mol. The van der Waals surface area contributed by atoms with E-state index < -0.39 is 36.9 Å². The first-order valence-electron chi connectivity index (χ1n) is 23.4. The Labute approximate surface area is 335 Å². The summed E-state index contributed by atoms with van der Waals surface area (Å²) in [7, 11) is 0. The van der Waals surface area contributed by atoms with Gasteiger partial charge in [-0.25, -0.2) is 0 Å². The number of aliphatic hydroxyl groups excluding tert-OH is 4. The summed E-state index contributed by atoms with van der Waals surface area (Å²) in [6, 6.07) is -1.01. The molecule has 0 fully saturated rings. The number of aliphatic hydroxyl groups is 4. The van der Waals surface area contributed by atoms with E-state index in [2.05, 4.69) is 55.6 Å². The fourth-order valence-electron chi connectivity index (χ4n) is 7.06. The Balaban J connectivity index is 3.78. The number of allylic oxidation sites excluding steroid dienone is 6. The van der Waals surface area contributed by atoms with E-state index >= 15 is 0 Å². The van der Waals surface area contributed by atoms with Gasteiger partial charge < -0.3 is 25.7 Å². The van der Waals surface area contributed by atoms with Gasteiger partial charge in [0.1, 0.15) is 12.2 Å². The van der Waals surface area contributed by atoms with Gasteiger partial charge in [0.25, 0.3) is 0 Å². The average Bonchev–Trinajstić information content (AvgIpc) is 3.18. The second-order valence-electron chi connectivity index (χ2n) is 16.1. The molecule has 4 atom stereocenters. The first kappa shape index (κ1) is 52.5. The van der Waals surface area contributed by atoms with Gasteiger partial charge in [0.2, 0.25) is 5.91 Å². The van der Waals surface area contributed by atoms with E-state index in [-0.39, 0.29) is 0 Å². The molecule has 5 N–H and O–H groups in total. The van der Waals surface area contributed by atoms with Crippen molar-refractivity contribution in [3.05, 3.63) is 36.5 Å². The van der Waals surface area contributed by atoms with E-state index in [4.69, 9.17) is 0 Å². The van der Waals surface area contributed by atoms with Crippen molar-refractivity contribution in [1.82, 2.24) is 5.32 Å². The molecule has 0 aliphatic carbocycles. The third-order valence-corrected chi connectivity index (χ3v) is 10.8. The second kappa shape index (κ2) is 42.7. The van der Waals surface area contributed by atoms with Crippen LogP contribution in [0.25, 0.3) is 0 Å². The number of carbonyl (C=O) groups excluding carboxylic acids is 1. The van der Waals surface area contributed by atoms with Gasteiger partial charge in [0, 0.05) is 0 Å². The smallest absolute Gasteiger partial charge is 0.249 e. The fourth-order valence-corrected chi connectivity index (χ4v) is 7.06. The van der Waals surface area contributed by atoms with Crippen molar-refractivity contribution in [3.63, 3.8) is 0 Å². The third kappa shape index (κ3) is 36.2. The van der Waals surface area contributed by atoms with E-state index in [1.54, 1.807) is 0 Å². The van der Waals surface area contributed by atoms with E-state index in [9.17, 15) is 25.2 Å². The van der Waals surface area contributed by atoms with Crippen molar-refractivity contribution >= 4 is 5.91 Å². The number of nitrogens with one attached hydrogen (secondary N) is 1. The number of amides is 1. The molecular formula is C48H91NO5. The normalized spacial score (nSPS) is 14.4. The minimum Gasteiger partial charge on any atom is -0.394 e. The van der Waals surface area contributed by atoms with Crippen LogP contribution >= 0.6 is 0 Å². The second-order valence-corrected chi connectivity index (χ2v) is 16.1. The van der Waals surface area contributed by atoms with Crippen LogP contribution in [-0.4, -0.2) is 57.3 Å². The van der Waals surface area contributed by atoms with Crippen LogP contribution in [0.4, 0.5) is 0 Å². The standard InChI is InChI=1S/C48H91NO5/c1-3-5-7-9-11-13-15-17-19-21-22-23-24-26-28-30-32-34-36-38-40-42-46(52)48(54)49-44(43-50)47(53)45(51)41-39-37-35-33-31-29-27-25-20-18-16-14-12-10-8-6-4-2/h24-27,33,35,44-47,50-53H,3-23,28-32,34,36-43H2,1-2H3,(H,49,54)/b26-24-,27-25+,35-33+. The largest absolute Gasteiger partial charge is 0.394 e. The molecule has 0 heterocycles. The van der Waals surface area contributed by atoms with Crippen LogP contribution in [0, 0.1) is 0 Å². The molecule has 0 saturated heterocycles. The molecule has 54 heavy (non-hydrogen) atoms. The van der Waals surface area contributed by atoms with Crippen LogP contribution in [0.3, 0.4) is 0 Å². The van der Waals surface area contributed by atoms with Gasteiger partial charge in [-0.2, -0.15) is 0 Å². The molecule has 0 aliphatic rings. The third-order valence-electron chi connectivity index (χ3n) is 10.8. The minimum atomic E-state index is -1.29. The molecular weight excluding hydrogens is 671 g/mol. The van der Waals surface area contributed by atoms with Crippen molar-refractivity contribution < 1.29 is 25.2 Å². The van der Waals surface area contributed by atoms with E-state index in [1.807, 2.05) is 0 Å². The topological polar surface area (TPSA) is 110 Å². The maximum Gasteiger partial charge on any atom is 0.249 e. The summed E-state index contributed by atoms with van der Waals surface area (Å²) in [5.41, 5.74) is 0. The summed E-state index contributed by atoms with van der Waals surface area (Å²) in [6.45, 7) is 4.04. The van der Waals surface area contributed by atoms with Crippen LogP contribution in [-0.2, 0) is 4.79 Å². The highest BCUT2D eigenvalue weighted by molar-refractivity contribution is 5.80. The molecule has 318 valence electrons. The SMILES string of the molecule is CCCCCCCCCC/C=C/CC/C=C/CCCC(O)C(O)C(CO)NC(=O)C(O)CCCCCCCC/C=C\CCCCCCCCCCCCC. The van der Waals surface area contributed by atoms with Crippen molar-refractivity contribution in [3.8, 4) is 0 Å². The summed E-state index contributed by atoms with van der Waals surface area (Å²) in [5.74, 6) is -0.602. The van der Waals surface area contributed by atoms with Gasteiger partial charge in [0.15, 0.2) is 0 Å². The van der Waals surface area contributed by atoms with Crippen molar-refractivity contribution in [2.45, 2.75) is 257 Å². The van der Waals surface area contributed by atoms with Gasteiger partial charge in [-0.1, -0.05) is 192 Å². The van der Waals surface area contributed by atoms with Crippen molar-refractivity contribution in [2.75, 3.05) is 6.61 Å². The molecule has 0 aliphatic heterocycles. The van der Waals surface area contributed by atoms with Gasteiger partial charge >= 0.3 is 0 Å². The number of hydrogen-bond donors (Lipinski definition) is 5. The molecule has 0 aromatic carbocycles. The number of rotatable bonds is 42. The zero-order chi connectivity index (χ0) is 39.6. The summed E-state index contributed by atoms with van der Waals surface area (Å²) in [6.07, 6.45) is 50.4. The average molecular weight is 762 g/mol. The molecule has 0 radical (unpaired) electrons. The summed E-state index contributed by atoms with van der Waals surface area (Å²) in [5, 5.41) is 43.7. The predicted octanol–water partition coefficient (Wildman–Crippen LogP) is 12.5. The minimum absolute atomic E-state index is 0.353. The van der Waals surface area contributed by atoms with E-state index in [1.165, 1.54) is 148 Å². The lowest BCUT2D eigenvalue weighted by molar-refractivity contribution is -0.132. The highest BCUT2D eigenvalue weighted by atomic mass is 16.3. The summed E-state index contributed by atoms with van der Waals surface area (Å²) >= 11 is 0. The van der Waals surface area contributed by atoms with Crippen LogP contribution in [0.1, 0.15) is 232 Å². The molecule has 6 nitrogen and oxygen atoms in total. The Hall–Kier alpha value is -1.47. The number of unbranched alkanes of at least 4 members (excludes halogenated alkanes) is 27. The Kier molecular flexibility index (Phi) is 41.5. The number of hydrogen-bond acceptors (Lipinski definition) is 5. The van der Waals surface area contributed by atoms with Crippen LogP contribution in [0.15, 0.2) is 36.5 Å². The Morgan fingerprint density at radius 1 is 0.444 bits per heavy atom. The van der Waals surface area contributed by atoms with Crippen molar-refractivity contribution in [2.24, 2.45) is 0 Å². The Bertz CT molecular complexity index is 858. The molecule has 0 aromatic rings. The lowest BCUT2D eigenvalue weighted by Gasteiger charge is -2.27. The monoisotopic (exact) mass is 762 g/mol. The molecule has 0 saturated carbocycles. The molecule has 0 rings (SSSR count). The first-order chi connectivity index (χ1) is 26.5. The Morgan fingerprint density at radius 2 is 0.778 bits per heavy atom. The fraction of sp³-hybridized carbons (Fsp3) is 0.854. The zero-order valence-electron chi connectivity index (χ0n) is 35.7. The highest BCUT2D eigenvalue weighted by Gasteiger charge is 2.28. The maximum atomic E-state index is 12.5. The highest BCUT2D eigenvalue weighted by Crippen LogP contribution is 2.15. The Morgan fingerprint density at radius 3 is 1.17 bits per heavy atom. The van der Waals surface area contributed by atoms with Gasteiger partial charge in [0.05, 0.1) is 18.8 Å². The zero-order valence-corrected chi connectivity index (χ0v) is 35.7. The van der Waals surface area contributed by atoms with E-state index in [0.29, 0.717) is 19.3 Å². The van der Waals surface area contributed by atoms with Gasteiger partial charge in [-0.15, -0.1) is 0 Å². The van der Waals surface area contributed by atoms with E-state index in [0.717, 1.165) is 51.4 Å². The lowest BCUT2D eigenvalue weighted by Crippen LogP contribution is -2.53. The maximum absolute atomic E-state index is 12.5. The molecule has 0 bridgehead atoms. The first-order valence-corrected chi connectivity index (χ1v) is 23.4. The molecule has 0 aromatic heterocycles. The molecule has 1 amide bonds. The van der Waals surface area contributed by atoms with Crippen molar-refractivity contribution in [1.29, 1.82) is 0 Å².